The molecule has 0 unspecified atom stereocenters. The lowest BCUT2D eigenvalue weighted by atomic mass is 10.3. The van der Waals surface area contributed by atoms with Crippen LogP contribution in [0, 0.1) is 6.92 Å². The molecule has 1 N–H and O–H groups in total. The van der Waals surface area contributed by atoms with Crippen molar-refractivity contribution in [1.29, 1.82) is 0 Å². The zero-order valence-corrected chi connectivity index (χ0v) is 9.98. The van der Waals surface area contributed by atoms with Crippen LogP contribution in [0.25, 0.3) is 0 Å². The molecule has 0 saturated carbocycles. The van der Waals surface area contributed by atoms with Gasteiger partial charge in [0, 0.05) is 16.7 Å². The standard InChI is InChI=1S/C10H8BrN3O2/c1-6-4-7(11)5-12-9(6)13-10(15)8-2-3-16-14-8/h2-5H,1H3,(H,12,13,15). The molecule has 5 nitrogen and oxygen atoms in total. The SMILES string of the molecule is Cc1cc(Br)cnc1NC(=O)c1ccon1. The van der Waals surface area contributed by atoms with E-state index in [4.69, 9.17) is 0 Å². The average molecular weight is 282 g/mol. The topological polar surface area (TPSA) is 68.0 Å². The monoisotopic (exact) mass is 281 g/mol. The fourth-order valence-electron chi connectivity index (χ4n) is 1.17. The minimum Gasteiger partial charge on any atom is -0.364 e. The zero-order valence-electron chi connectivity index (χ0n) is 8.40. The van der Waals surface area contributed by atoms with Crippen LogP contribution in [0.4, 0.5) is 5.82 Å². The van der Waals surface area contributed by atoms with Gasteiger partial charge in [-0.2, -0.15) is 0 Å². The van der Waals surface area contributed by atoms with E-state index < -0.39 is 0 Å². The number of anilines is 1. The maximum Gasteiger partial charge on any atom is 0.279 e. The van der Waals surface area contributed by atoms with E-state index >= 15 is 0 Å². The lowest BCUT2D eigenvalue weighted by Crippen LogP contribution is -2.14. The third-order valence-electron chi connectivity index (χ3n) is 1.95. The van der Waals surface area contributed by atoms with Gasteiger partial charge in [0.15, 0.2) is 5.69 Å². The molecule has 0 aliphatic heterocycles. The highest BCUT2D eigenvalue weighted by molar-refractivity contribution is 9.10. The molecule has 2 rings (SSSR count). The molecular weight excluding hydrogens is 274 g/mol. The van der Waals surface area contributed by atoms with Crippen molar-refractivity contribution in [3.05, 3.63) is 40.3 Å². The van der Waals surface area contributed by atoms with Gasteiger partial charge in [-0.15, -0.1) is 0 Å². The van der Waals surface area contributed by atoms with Gasteiger partial charge in [-0.05, 0) is 34.5 Å². The lowest BCUT2D eigenvalue weighted by Gasteiger charge is -2.05. The molecule has 0 aromatic carbocycles. The average Bonchev–Trinajstić information content (AvgIpc) is 2.75. The van der Waals surface area contributed by atoms with Gasteiger partial charge < -0.3 is 9.84 Å². The summed E-state index contributed by atoms with van der Waals surface area (Å²) in [6.07, 6.45) is 2.96. The number of nitrogens with one attached hydrogen (secondary N) is 1. The Labute approximate surface area is 100.0 Å². The maximum atomic E-state index is 11.6. The number of carbonyl (C=O) groups excluding carboxylic acids is 1. The molecule has 16 heavy (non-hydrogen) atoms. The molecule has 1 amide bonds. The molecule has 82 valence electrons. The van der Waals surface area contributed by atoms with Crippen molar-refractivity contribution in [3.63, 3.8) is 0 Å². The van der Waals surface area contributed by atoms with Crippen LogP contribution in [0.15, 0.2) is 33.6 Å². The van der Waals surface area contributed by atoms with Gasteiger partial charge in [0.05, 0.1) is 0 Å². The van der Waals surface area contributed by atoms with Crippen molar-refractivity contribution in [1.82, 2.24) is 10.1 Å². The Bertz CT molecular complexity index is 511. The smallest absolute Gasteiger partial charge is 0.279 e. The summed E-state index contributed by atoms with van der Waals surface area (Å²) in [7, 11) is 0. The third-order valence-corrected chi connectivity index (χ3v) is 2.38. The molecule has 2 heterocycles. The molecule has 2 aromatic heterocycles. The first-order valence-corrected chi connectivity index (χ1v) is 5.30. The first-order chi connectivity index (χ1) is 7.66. The van der Waals surface area contributed by atoms with Crippen molar-refractivity contribution in [2.45, 2.75) is 6.92 Å². The van der Waals surface area contributed by atoms with Crippen molar-refractivity contribution in [2.75, 3.05) is 5.32 Å². The molecule has 0 aliphatic rings. The van der Waals surface area contributed by atoms with Crippen LogP contribution in [0.2, 0.25) is 0 Å². The van der Waals surface area contributed by atoms with Crippen LogP contribution in [-0.4, -0.2) is 16.0 Å². The van der Waals surface area contributed by atoms with Gasteiger partial charge >= 0.3 is 0 Å². The molecule has 2 aromatic rings. The fourth-order valence-corrected chi connectivity index (χ4v) is 1.62. The molecule has 0 spiro atoms. The molecule has 0 aliphatic carbocycles. The maximum absolute atomic E-state index is 11.6. The predicted octanol–water partition coefficient (Wildman–Crippen LogP) is 2.39. The first kappa shape index (κ1) is 10.8. The van der Waals surface area contributed by atoms with Gasteiger partial charge in [0.25, 0.3) is 5.91 Å². The Morgan fingerprint density at radius 1 is 1.56 bits per heavy atom. The second-order valence-corrected chi connectivity index (χ2v) is 4.07. The minimum absolute atomic E-state index is 0.226. The van der Waals surface area contributed by atoms with E-state index in [1.165, 1.54) is 12.3 Å². The van der Waals surface area contributed by atoms with Crippen molar-refractivity contribution >= 4 is 27.7 Å². The molecule has 0 atom stereocenters. The second kappa shape index (κ2) is 4.44. The van der Waals surface area contributed by atoms with E-state index in [1.807, 2.05) is 13.0 Å². The van der Waals surface area contributed by atoms with E-state index in [-0.39, 0.29) is 11.6 Å². The summed E-state index contributed by atoms with van der Waals surface area (Å²) in [6.45, 7) is 1.86. The number of pyridine rings is 1. The summed E-state index contributed by atoms with van der Waals surface area (Å²) >= 11 is 3.30. The predicted molar refractivity (Wildman–Crippen MR) is 61.1 cm³/mol. The largest absolute Gasteiger partial charge is 0.364 e. The van der Waals surface area contributed by atoms with E-state index in [1.54, 1.807) is 6.20 Å². The normalized spacial score (nSPS) is 10.1. The van der Waals surface area contributed by atoms with Crippen molar-refractivity contribution in [2.24, 2.45) is 0 Å². The number of amides is 1. The Morgan fingerprint density at radius 3 is 3.00 bits per heavy atom. The van der Waals surface area contributed by atoms with E-state index in [0.29, 0.717) is 5.82 Å². The number of carbonyl (C=O) groups is 1. The molecule has 0 saturated heterocycles. The van der Waals surface area contributed by atoms with Crippen molar-refractivity contribution in [3.8, 4) is 0 Å². The highest BCUT2D eigenvalue weighted by Crippen LogP contribution is 2.17. The summed E-state index contributed by atoms with van der Waals surface area (Å²) in [4.78, 5) is 15.7. The lowest BCUT2D eigenvalue weighted by molar-refractivity contribution is 0.101. The highest BCUT2D eigenvalue weighted by atomic mass is 79.9. The van der Waals surface area contributed by atoms with Gasteiger partial charge in [0.1, 0.15) is 12.1 Å². The van der Waals surface area contributed by atoms with E-state index in [2.05, 4.69) is 35.9 Å². The van der Waals surface area contributed by atoms with Crippen LogP contribution >= 0.6 is 15.9 Å². The number of aryl methyl sites for hydroxylation is 1. The number of halogens is 1. The Kier molecular flexibility index (Phi) is 3.00. The van der Waals surface area contributed by atoms with E-state index in [0.717, 1.165) is 10.0 Å². The summed E-state index contributed by atoms with van der Waals surface area (Å²) in [5, 5.41) is 6.18. The molecule has 6 heteroatoms. The number of nitrogens with zero attached hydrogens (tertiary/aromatic N) is 2. The van der Waals surface area contributed by atoms with E-state index in [9.17, 15) is 4.79 Å². The number of rotatable bonds is 2. The van der Waals surface area contributed by atoms with Gasteiger partial charge in [-0.3, -0.25) is 4.79 Å². The Hall–Kier alpha value is -1.69. The Balaban J connectivity index is 2.18. The first-order valence-electron chi connectivity index (χ1n) is 4.50. The Morgan fingerprint density at radius 2 is 2.38 bits per heavy atom. The molecule has 0 bridgehead atoms. The molecule has 0 radical (unpaired) electrons. The summed E-state index contributed by atoms with van der Waals surface area (Å²) in [6, 6.07) is 3.36. The number of aromatic nitrogens is 2. The minimum atomic E-state index is -0.341. The van der Waals surface area contributed by atoms with Gasteiger partial charge in [-0.1, -0.05) is 5.16 Å². The molecule has 0 fully saturated rings. The number of hydrogen-bond acceptors (Lipinski definition) is 4. The van der Waals surface area contributed by atoms with Crippen LogP contribution in [0.3, 0.4) is 0 Å². The van der Waals surface area contributed by atoms with Crippen LogP contribution in [-0.2, 0) is 0 Å². The molecular formula is C10H8BrN3O2. The van der Waals surface area contributed by atoms with Crippen LogP contribution in [0.1, 0.15) is 16.1 Å². The van der Waals surface area contributed by atoms with Crippen LogP contribution < -0.4 is 5.32 Å². The van der Waals surface area contributed by atoms with Crippen molar-refractivity contribution < 1.29 is 9.32 Å². The summed E-state index contributed by atoms with van der Waals surface area (Å²) < 4.78 is 5.45. The van der Waals surface area contributed by atoms with Gasteiger partial charge in [-0.25, -0.2) is 4.98 Å². The summed E-state index contributed by atoms with van der Waals surface area (Å²) in [5.74, 6) is 0.169. The zero-order chi connectivity index (χ0) is 11.5. The van der Waals surface area contributed by atoms with Gasteiger partial charge in [0.2, 0.25) is 0 Å². The quantitative estimate of drug-likeness (QED) is 0.918. The summed E-state index contributed by atoms with van der Waals surface area (Å²) in [5.41, 5.74) is 1.09. The second-order valence-electron chi connectivity index (χ2n) is 3.16. The third kappa shape index (κ3) is 2.27. The van der Waals surface area contributed by atoms with Crippen LogP contribution in [0.5, 0.6) is 0 Å². The fraction of sp³-hybridized carbons (Fsp3) is 0.100. The highest BCUT2D eigenvalue weighted by Gasteiger charge is 2.11. The number of hydrogen-bond donors (Lipinski definition) is 1.